The van der Waals surface area contributed by atoms with E-state index in [0.29, 0.717) is 0 Å². The molecule has 0 N–H and O–H groups in total. The Bertz CT molecular complexity index is 237. The Balaban J connectivity index is 4.52. The summed E-state index contributed by atoms with van der Waals surface area (Å²) in [7, 11) is -3.36. The van der Waals surface area contributed by atoms with Gasteiger partial charge in [0.2, 0.25) is 10.1 Å². The summed E-state index contributed by atoms with van der Waals surface area (Å²) in [6.45, 7) is 8.97. The average Bonchev–Trinajstić information content (AvgIpc) is 1.98. The molecule has 5 heteroatoms. The molecule has 0 saturated carbocycles. The third kappa shape index (κ3) is 3.99. The van der Waals surface area contributed by atoms with Gasteiger partial charge in [0, 0.05) is 0 Å². The second-order valence-electron chi connectivity index (χ2n) is 4.10. The second-order valence-corrected chi connectivity index (χ2v) is 9.88. The monoisotopic (exact) mass is 222 g/mol. The highest BCUT2D eigenvalue weighted by atomic mass is 32.2. The molecular formula is C8H19AlO3S. The van der Waals surface area contributed by atoms with Gasteiger partial charge in [0.05, 0.1) is 4.75 Å². The first-order valence-corrected chi connectivity index (χ1v) is 8.18. The third-order valence-electron chi connectivity index (χ3n) is 1.92. The maximum absolute atomic E-state index is 11.6. The highest BCUT2D eigenvalue weighted by Gasteiger charge is 2.33. The molecule has 0 rings (SSSR count). The Kier molecular flexibility index (Phi) is 4.95. The predicted molar refractivity (Wildman–Crippen MR) is 56.5 cm³/mol. The standard InChI is InChI=1S/C4H10O3S.2C2H5.Al/c1-4(2,3)8(5,6)7;2*1-2;/h1-3H3,(H,5,6,7);2*1H2,2H3;/q;;;+1/p-1. The largest absolute Gasteiger partial charge is 0.483 e. The molecule has 0 radical (unpaired) electrons. The molecule has 3 nitrogen and oxygen atoms in total. The van der Waals surface area contributed by atoms with E-state index in [4.69, 9.17) is 3.23 Å². The molecule has 0 bridgehead atoms. The van der Waals surface area contributed by atoms with Crippen molar-refractivity contribution in [2.75, 3.05) is 0 Å². The van der Waals surface area contributed by atoms with Gasteiger partial charge in [-0.2, -0.15) is 0 Å². The van der Waals surface area contributed by atoms with Crippen molar-refractivity contribution in [2.24, 2.45) is 0 Å². The normalized spacial score (nSPS) is 13.0. The van der Waals surface area contributed by atoms with Gasteiger partial charge >= 0.3 is 14.5 Å². The zero-order chi connectivity index (χ0) is 10.7. The van der Waals surface area contributed by atoms with Gasteiger partial charge in [-0.3, -0.25) is 0 Å². The minimum atomic E-state index is -3.36. The highest BCUT2D eigenvalue weighted by molar-refractivity contribution is 7.88. The highest BCUT2D eigenvalue weighted by Crippen LogP contribution is 2.19. The lowest BCUT2D eigenvalue weighted by atomic mass is 10.3. The van der Waals surface area contributed by atoms with Crippen LogP contribution in [0.3, 0.4) is 0 Å². The Morgan fingerprint density at radius 1 is 1.15 bits per heavy atom. The zero-order valence-electron chi connectivity index (χ0n) is 9.12. The summed E-state index contributed by atoms with van der Waals surface area (Å²) >= 11 is -1.50. The summed E-state index contributed by atoms with van der Waals surface area (Å²) < 4.78 is 27.6. The van der Waals surface area contributed by atoms with E-state index in [1.165, 1.54) is 0 Å². The van der Waals surface area contributed by atoms with E-state index < -0.39 is 29.3 Å². The van der Waals surface area contributed by atoms with Crippen LogP contribution in [-0.4, -0.2) is 27.6 Å². The summed E-state index contributed by atoms with van der Waals surface area (Å²) in [4.78, 5) is 0. The maximum Gasteiger partial charge on any atom is 0.483 e. The first kappa shape index (κ1) is 13.4. The fraction of sp³-hybridized carbons (Fsp3) is 1.00. The molecule has 0 aliphatic carbocycles. The summed E-state index contributed by atoms with van der Waals surface area (Å²) in [5.74, 6) is 0. The summed E-state index contributed by atoms with van der Waals surface area (Å²) in [6, 6.07) is 0. The van der Waals surface area contributed by atoms with E-state index in [2.05, 4.69) is 0 Å². The van der Waals surface area contributed by atoms with E-state index in [0.717, 1.165) is 10.6 Å². The minimum absolute atomic E-state index is 0.789. The van der Waals surface area contributed by atoms with Gasteiger partial charge in [-0.05, 0) is 20.8 Å². The molecule has 0 aliphatic heterocycles. The van der Waals surface area contributed by atoms with Crippen LogP contribution in [0.4, 0.5) is 0 Å². The van der Waals surface area contributed by atoms with Gasteiger partial charge in [0.25, 0.3) is 0 Å². The molecule has 0 aromatic heterocycles. The fourth-order valence-corrected chi connectivity index (χ4v) is 5.00. The second kappa shape index (κ2) is 4.79. The number of rotatable bonds is 4. The quantitative estimate of drug-likeness (QED) is 0.685. The molecule has 0 aliphatic rings. The molecule has 0 spiro atoms. The SMILES string of the molecule is C[CH2][Al]([CH2]C)[O]S(=O)(=O)C(C)(C)C. The van der Waals surface area contributed by atoms with Gasteiger partial charge in [0.1, 0.15) is 0 Å². The van der Waals surface area contributed by atoms with E-state index >= 15 is 0 Å². The van der Waals surface area contributed by atoms with Gasteiger partial charge in [-0.25, -0.2) is 8.42 Å². The van der Waals surface area contributed by atoms with Crippen LogP contribution in [-0.2, 0) is 13.4 Å². The lowest BCUT2D eigenvalue weighted by Crippen LogP contribution is -2.34. The minimum Gasteiger partial charge on any atom is -0.398 e. The third-order valence-corrected chi connectivity index (χ3v) is 7.35. The van der Waals surface area contributed by atoms with Crippen molar-refractivity contribution in [1.29, 1.82) is 0 Å². The molecule has 0 saturated heterocycles. The predicted octanol–water partition coefficient (Wildman–Crippen LogP) is 2.16. The Morgan fingerprint density at radius 3 is 1.77 bits per heavy atom. The lowest BCUT2D eigenvalue weighted by molar-refractivity contribution is 0.457. The summed E-state index contributed by atoms with van der Waals surface area (Å²) in [5, 5.41) is 1.73. The summed E-state index contributed by atoms with van der Waals surface area (Å²) in [6.07, 6.45) is 0. The van der Waals surface area contributed by atoms with Gasteiger partial charge in [-0.1, -0.05) is 24.4 Å². The van der Waals surface area contributed by atoms with E-state index in [9.17, 15) is 8.42 Å². The van der Waals surface area contributed by atoms with Crippen molar-refractivity contribution in [1.82, 2.24) is 0 Å². The average molecular weight is 222 g/mol. The number of hydrogen-bond donors (Lipinski definition) is 0. The van der Waals surface area contributed by atoms with Crippen LogP contribution in [0.15, 0.2) is 0 Å². The van der Waals surface area contributed by atoms with Crippen LogP contribution in [0, 0.1) is 0 Å². The van der Waals surface area contributed by atoms with Crippen molar-refractivity contribution < 1.29 is 11.7 Å². The molecule has 0 aromatic rings. The summed E-state index contributed by atoms with van der Waals surface area (Å²) in [5.41, 5.74) is 0. The van der Waals surface area contributed by atoms with Gasteiger partial charge in [0.15, 0.2) is 0 Å². The smallest absolute Gasteiger partial charge is 0.398 e. The fourth-order valence-electron chi connectivity index (χ4n) is 0.748. The van der Waals surface area contributed by atoms with Crippen LogP contribution in [0.5, 0.6) is 0 Å². The Hall–Kier alpha value is 0.442. The molecule has 0 atom stereocenters. The van der Waals surface area contributed by atoms with E-state index in [-0.39, 0.29) is 0 Å². The van der Waals surface area contributed by atoms with Crippen LogP contribution in [0.1, 0.15) is 34.6 Å². The van der Waals surface area contributed by atoms with Crippen molar-refractivity contribution >= 4 is 24.6 Å². The van der Waals surface area contributed by atoms with Crippen LogP contribution >= 0.6 is 0 Å². The van der Waals surface area contributed by atoms with Crippen molar-refractivity contribution in [3.8, 4) is 0 Å². The molecule has 78 valence electrons. The van der Waals surface area contributed by atoms with Crippen molar-refractivity contribution in [2.45, 2.75) is 49.9 Å². The molecule has 0 amide bonds. The zero-order valence-corrected chi connectivity index (χ0v) is 11.1. The van der Waals surface area contributed by atoms with E-state index in [1.54, 1.807) is 20.8 Å². The number of hydrogen-bond acceptors (Lipinski definition) is 3. The molecular weight excluding hydrogens is 203 g/mol. The lowest BCUT2D eigenvalue weighted by Gasteiger charge is -2.21. The van der Waals surface area contributed by atoms with Gasteiger partial charge < -0.3 is 3.23 Å². The molecule has 0 fully saturated rings. The Labute approximate surface area is 86.3 Å². The maximum atomic E-state index is 11.6. The van der Waals surface area contributed by atoms with Crippen molar-refractivity contribution in [3.05, 3.63) is 0 Å². The topological polar surface area (TPSA) is 43.4 Å². The van der Waals surface area contributed by atoms with Crippen LogP contribution in [0.2, 0.25) is 10.6 Å². The molecule has 0 aromatic carbocycles. The van der Waals surface area contributed by atoms with Crippen LogP contribution < -0.4 is 0 Å². The Morgan fingerprint density at radius 2 is 1.54 bits per heavy atom. The van der Waals surface area contributed by atoms with Gasteiger partial charge in [-0.15, -0.1) is 0 Å². The first-order chi connectivity index (χ1) is 5.74. The molecule has 0 unspecified atom stereocenters. The molecule has 0 heterocycles. The first-order valence-electron chi connectivity index (χ1n) is 4.67. The van der Waals surface area contributed by atoms with E-state index in [1.807, 2.05) is 13.8 Å². The van der Waals surface area contributed by atoms with Crippen molar-refractivity contribution in [3.63, 3.8) is 0 Å². The van der Waals surface area contributed by atoms with Crippen LogP contribution in [0.25, 0.3) is 0 Å². The molecule has 13 heavy (non-hydrogen) atoms.